The highest BCUT2D eigenvalue weighted by molar-refractivity contribution is 5.95. The lowest BCUT2D eigenvalue weighted by Gasteiger charge is -2.27. The summed E-state index contributed by atoms with van der Waals surface area (Å²) in [5, 5.41) is 4.81. The van der Waals surface area contributed by atoms with Crippen LogP contribution in [-0.2, 0) is 22.5 Å². The highest BCUT2D eigenvalue weighted by atomic mass is 16.5. The van der Waals surface area contributed by atoms with Crippen LogP contribution in [-0.4, -0.2) is 39.7 Å². The van der Waals surface area contributed by atoms with E-state index in [1.54, 1.807) is 24.1 Å². The molecular formula is C27H23N3O3. The van der Waals surface area contributed by atoms with E-state index in [9.17, 15) is 9.59 Å². The zero-order valence-corrected chi connectivity index (χ0v) is 18.2. The third kappa shape index (κ3) is 4.15. The lowest BCUT2D eigenvalue weighted by atomic mass is 9.98. The maximum Gasteiger partial charge on any atom is 0.339 e. The second-order valence-corrected chi connectivity index (χ2v) is 8.10. The summed E-state index contributed by atoms with van der Waals surface area (Å²) in [7, 11) is 1.73. The molecule has 1 aliphatic rings. The van der Waals surface area contributed by atoms with E-state index >= 15 is 0 Å². The highest BCUT2D eigenvalue weighted by Gasteiger charge is 2.33. The van der Waals surface area contributed by atoms with E-state index in [0.29, 0.717) is 18.5 Å². The fourth-order valence-corrected chi connectivity index (χ4v) is 4.13. The van der Waals surface area contributed by atoms with Gasteiger partial charge in [0.05, 0.1) is 16.9 Å². The van der Waals surface area contributed by atoms with Crippen molar-refractivity contribution in [2.75, 3.05) is 7.05 Å². The van der Waals surface area contributed by atoms with E-state index in [2.05, 4.69) is 0 Å². The van der Waals surface area contributed by atoms with Gasteiger partial charge in [-0.05, 0) is 23.8 Å². The molecule has 164 valence electrons. The standard InChI is InChI=1S/C27H23N3O3/c1-29(26(31)24-16-20-12-8-9-15-23(20)27(32)33-24)17-21-18-30(22-13-6-3-7-14-22)28-25(21)19-10-4-2-5-11-19/h2-15,18,24H,16-17H2,1H3. The molecule has 1 unspecified atom stereocenters. The number of ether oxygens (including phenoxy) is 1. The molecule has 1 amide bonds. The average molecular weight is 437 g/mol. The summed E-state index contributed by atoms with van der Waals surface area (Å²) in [6.45, 7) is 0.339. The van der Waals surface area contributed by atoms with Gasteiger partial charge >= 0.3 is 5.97 Å². The molecule has 1 aromatic heterocycles. The van der Waals surface area contributed by atoms with Gasteiger partial charge in [0.1, 0.15) is 0 Å². The van der Waals surface area contributed by atoms with Gasteiger partial charge in [0, 0.05) is 37.3 Å². The van der Waals surface area contributed by atoms with E-state index in [0.717, 1.165) is 28.1 Å². The Morgan fingerprint density at radius 3 is 2.42 bits per heavy atom. The van der Waals surface area contributed by atoms with Crippen LogP contribution in [0.3, 0.4) is 0 Å². The van der Waals surface area contributed by atoms with Crippen molar-refractivity contribution in [1.82, 2.24) is 14.7 Å². The molecule has 1 atom stereocenters. The van der Waals surface area contributed by atoms with E-state index in [4.69, 9.17) is 9.84 Å². The second kappa shape index (κ2) is 8.74. The molecule has 0 saturated heterocycles. The second-order valence-electron chi connectivity index (χ2n) is 8.10. The monoisotopic (exact) mass is 437 g/mol. The lowest BCUT2D eigenvalue weighted by molar-refractivity contribution is -0.140. The minimum absolute atomic E-state index is 0.232. The molecule has 0 bridgehead atoms. The predicted molar refractivity (Wildman–Crippen MR) is 125 cm³/mol. The third-order valence-electron chi connectivity index (χ3n) is 5.81. The van der Waals surface area contributed by atoms with Crippen LogP contribution in [0.4, 0.5) is 0 Å². The number of carbonyl (C=O) groups excluding carboxylic acids is 2. The van der Waals surface area contributed by atoms with Crippen molar-refractivity contribution in [2.45, 2.75) is 19.1 Å². The number of carbonyl (C=O) groups is 2. The van der Waals surface area contributed by atoms with E-state index in [1.807, 2.05) is 83.7 Å². The summed E-state index contributed by atoms with van der Waals surface area (Å²) in [6.07, 6.45) is 1.49. The number of benzene rings is 3. The van der Waals surface area contributed by atoms with Crippen molar-refractivity contribution in [3.05, 3.63) is 108 Å². The molecule has 0 saturated carbocycles. The third-order valence-corrected chi connectivity index (χ3v) is 5.81. The minimum atomic E-state index is -0.832. The number of rotatable bonds is 5. The topological polar surface area (TPSA) is 64.4 Å². The summed E-state index contributed by atoms with van der Waals surface area (Å²) < 4.78 is 7.30. The first-order valence-electron chi connectivity index (χ1n) is 10.8. The molecule has 0 spiro atoms. The Kier molecular flexibility index (Phi) is 5.48. The van der Waals surface area contributed by atoms with Crippen molar-refractivity contribution in [3.63, 3.8) is 0 Å². The number of aromatic nitrogens is 2. The molecule has 1 aliphatic heterocycles. The summed E-state index contributed by atoms with van der Waals surface area (Å²) in [5.74, 6) is -0.685. The quantitative estimate of drug-likeness (QED) is 0.437. The van der Waals surface area contributed by atoms with Gasteiger partial charge in [0.15, 0.2) is 6.10 Å². The van der Waals surface area contributed by atoms with Gasteiger partial charge < -0.3 is 9.64 Å². The first-order valence-corrected chi connectivity index (χ1v) is 10.8. The maximum atomic E-state index is 13.2. The van der Waals surface area contributed by atoms with Gasteiger partial charge in [0.25, 0.3) is 5.91 Å². The summed E-state index contributed by atoms with van der Waals surface area (Å²) in [6, 6.07) is 27.0. The number of hydrogen-bond acceptors (Lipinski definition) is 4. The van der Waals surface area contributed by atoms with Gasteiger partial charge in [-0.25, -0.2) is 9.48 Å². The van der Waals surface area contributed by atoms with Crippen LogP contribution >= 0.6 is 0 Å². The Balaban J connectivity index is 1.42. The van der Waals surface area contributed by atoms with Crippen LogP contribution < -0.4 is 0 Å². The number of likely N-dealkylation sites (N-methyl/N-ethyl adjacent to an activating group) is 1. The molecule has 0 aliphatic carbocycles. The molecule has 5 rings (SSSR count). The van der Waals surface area contributed by atoms with Crippen LogP contribution in [0.25, 0.3) is 16.9 Å². The fraction of sp³-hybridized carbons (Fsp3) is 0.148. The zero-order valence-electron chi connectivity index (χ0n) is 18.2. The van der Waals surface area contributed by atoms with Crippen molar-refractivity contribution in [3.8, 4) is 16.9 Å². The van der Waals surface area contributed by atoms with Crippen molar-refractivity contribution < 1.29 is 14.3 Å². The normalized spacial score (nSPS) is 14.9. The fourth-order valence-electron chi connectivity index (χ4n) is 4.13. The number of nitrogens with zero attached hydrogens (tertiary/aromatic N) is 3. The molecule has 0 radical (unpaired) electrons. The maximum absolute atomic E-state index is 13.2. The van der Waals surface area contributed by atoms with Gasteiger partial charge in [0.2, 0.25) is 0 Å². The van der Waals surface area contributed by atoms with Gasteiger partial charge in [-0.15, -0.1) is 0 Å². The number of fused-ring (bicyclic) bond motifs is 1. The minimum Gasteiger partial charge on any atom is -0.448 e. The summed E-state index contributed by atoms with van der Waals surface area (Å²) in [5.41, 5.74) is 4.99. The zero-order chi connectivity index (χ0) is 22.8. The van der Waals surface area contributed by atoms with Crippen LogP contribution in [0.5, 0.6) is 0 Å². The Labute approximate surface area is 192 Å². The number of cyclic esters (lactones) is 1. The molecule has 0 N–H and O–H groups in total. The number of para-hydroxylation sites is 1. The SMILES string of the molecule is CN(Cc1cn(-c2ccccc2)nc1-c1ccccc1)C(=O)C1Cc2ccccc2C(=O)O1. The van der Waals surface area contributed by atoms with Gasteiger partial charge in [-0.1, -0.05) is 66.7 Å². The number of amides is 1. The number of hydrogen-bond donors (Lipinski definition) is 0. The average Bonchev–Trinajstić information content (AvgIpc) is 3.28. The van der Waals surface area contributed by atoms with E-state index in [-0.39, 0.29) is 5.91 Å². The molecule has 4 aromatic rings. The lowest BCUT2D eigenvalue weighted by Crippen LogP contribution is -2.42. The molecule has 2 heterocycles. The van der Waals surface area contributed by atoms with Gasteiger partial charge in [-0.2, -0.15) is 5.10 Å². The predicted octanol–water partition coefficient (Wildman–Crippen LogP) is 4.28. The first kappa shape index (κ1) is 20.7. The Morgan fingerprint density at radius 1 is 1.00 bits per heavy atom. The molecular weight excluding hydrogens is 414 g/mol. The summed E-state index contributed by atoms with van der Waals surface area (Å²) >= 11 is 0. The Bertz CT molecular complexity index is 1300. The summed E-state index contributed by atoms with van der Waals surface area (Å²) in [4.78, 5) is 27.2. The largest absolute Gasteiger partial charge is 0.448 e. The smallest absolute Gasteiger partial charge is 0.339 e. The van der Waals surface area contributed by atoms with E-state index < -0.39 is 12.1 Å². The van der Waals surface area contributed by atoms with E-state index in [1.165, 1.54) is 0 Å². The molecule has 3 aromatic carbocycles. The highest BCUT2D eigenvalue weighted by Crippen LogP contribution is 2.26. The van der Waals surface area contributed by atoms with Crippen LogP contribution in [0.2, 0.25) is 0 Å². The Morgan fingerprint density at radius 2 is 1.67 bits per heavy atom. The molecule has 33 heavy (non-hydrogen) atoms. The van der Waals surface area contributed by atoms with Crippen LogP contribution in [0, 0.1) is 0 Å². The molecule has 0 fully saturated rings. The van der Waals surface area contributed by atoms with Crippen LogP contribution in [0.1, 0.15) is 21.5 Å². The van der Waals surface area contributed by atoms with Gasteiger partial charge in [-0.3, -0.25) is 4.79 Å². The molecule has 6 nitrogen and oxygen atoms in total. The van der Waals surface area contributed by atoms with Crippen molar-refractivity contribution >= 4 is 11.9 Å². The molecule has 6 heteroatoms. The van der Waals surface area contributed by atoms with Crippen LogP contribution in [0.15, 0.2) is 91.1 Å². The van der Waals surface area contributed by atoms with Crippen molar-refractivity contribution in [1.29, 1.82) is 0 Å². The van der Waals surface area contributed by atoms with Crippen molar-refractivity contribution in [2.24, 2.45) is 0 Å². The Hall–Kier alpha value is -4.19. The number of esters is 1. The first-order chi connectivity index (χ1) is 16.1.